The van der Waals surface area contributed by atoms with E-state index in [1.54, 1.807) is 4.90 Å². The Kier molecular flexibility index (Phi) is 9.11. The van der Waals surface area contributed by atoms with E-state index in [2.05, 4.69) is 29.6 Å². The minimum absolute atomic E-state index is 0.0204. The number of rotatable bonds is 8. The molecule has 6 nitrogen and oxygen atoms in total. The minimum Gasteiger partial charge on any atom is -0.465 e. The van der Waals surface area contributed by atoms with Crippen LogP contribution in [0.5, 0.6) is 0 Å². The van der Waals surface area contributed by atoms with Crippen molar-refractivity contribution in [2.75, 3.05) is 20.3 Å². The van der Waals surface area contributed by atoms with Crippen molar-refractivity contribution in [3.63, 3.8) is 0 Å². The maximum Gasteiger partial charge on any atom is 0.410 e. The summed E-state index contributed by atoms with van der Waals surface area (Å²) in [5.74, 6) is -0.239. The number of hydrogen-bond acceptors (Lipinski definition) is 5. The molecule has 0 saturated carbocycles. The monoisotopic (exact) mass is 438 g/mol. The van der Waals surface area contributed by atoms with Crippen LogP contribution in [-0.2, 0) is 20.7 Å². The molecule has 172 valence electrons. The fraction of sp³-hybridized carbons (Fsp3) is 0.462. The molecule has 0 bridgehead atoms. The summed E-state index contributed by atoms with van der Waals surface area (Å²) in [5, 5.41) is 3.51. The Morgan fingerprint density at radius 3 is 2.41 bits per heavy atom. The van der Waals surface area contributed by atoms with E-state index < -0.39 is 6.04 Å². The van der Waals surface area contributed by atoms with E-state index in [0.29, 0.717) is 19.6 Å². The van der Waals surface area contributed by atoms with Gasteiger partial charge in [-0.3, -0.25) is 15.0 Å². The predicted molar refractivity (Wildman–Crippen MR) is 124 cm³/mol. The maximum absolute atomic E-state index is 12.7. The lowest BCUT2D eigenvalue weighted by Gasteiger charge is -2.32. The molecule has 1 fully saturated rings. The van der Waals surface area contributed by atoms with Gasteiger partial charge in [-0.05, 0) is 50.2 Å². The van der Waals surface area contributed by atoms with E-state index in [0.717, 1.165) is 31.2 Å². The quantitative estimate of drug-likeness (QED) is 0.615. The number of nitrogens with one attached hydrogen (secondary N) is 1. The number of amides is 1. The van der Waals surface area contributed by atoms with E-state index in [9.17, 15) is 9.59 Å². The van der Waals surface area contributed by atoms with Crippen LogP contribution in [0.15, 0.2) is 60.7 Å². The van der Waals surface area contributed by atoms with Gasteiger partial charge in [-0.15, -0.1) is 0 Å². The van der Waals surface area contributed by atoms with Crippen LogP contribution in [0.3, 0.4) is 0 Å². The van der Waals surface area contributed by atoms with E-state index >= 15 is 0 Å². The second kappa shape index (κ2) is 12.2. The second-order valence-electron chi connectivity index (χ2n) is 8.17. The molecule has 0 spiro atoms. The van der Waals surface area contributed by atoms with Gasteiger partial charge in [-0.2, -0.15) is 0 Å². The molecule has 1 amide bonds. The van der Waals surface area contributed by atoms with Gasteiger partial charge in [-0.25, -0.2) is 4.79 Å². The molecule has 0 aliphatic carbocycles. The molecule has 6 heteroatoms. The van der Waals surface area contributed by atoms with E-state index in [1.165, 1.54) is 12.7 Å². The molecular formula is C26H34N2O4. The van der Waals surface area contributed by atoms with Crippen molar-refractivity contribution < 1.29 is 19.1 Å². The van der Waals surface area contributed by atoms with Gasteiger partial charge in [0.05, 0.1) is 19.8 Å². The summed E-state index contributed by atoms with van der Waals surface area (Å²) in [6, 6.07) is 19.7. The summed E-state index contributed by atoms with van der Waals surface area (Å²) in [6.45, 7) is 2.64. The summed E-state index contributed by atoms with van der Waals surface area (Å²) < 4.78 is 10.5. The zero-order valence-corrected chi connectivity index (χ0v) is 19.0. The highest BCUT2D eigenvalue weighted by atomic mass is 16.5. The van der Waals surface area contributed by atoms with Crippen molar-refractivity contribution in [3.8, 4) is 0 Å². The van der Waals surface area contributed by atoms with Gasteiger partial charge in [-0.1, -0.05) is 60.7 Å². The van der Waals surface area contributed by atoms with Crippen LogP contribution in [0, 0.1) is 0 Å². The largest absolute Gasteiger partial charge is 0.465 e. The molecule has 1 heterocycles. The van der Waals surface area contributed by atoms with Gasteiger partial charge in [0, 0.05) is 12.6 Å². The number of esters is 1. The van der Waals surface area contributed by atoms with Crippen LogP contribution in [0.25, 0.3) is 0 Å². The van der Waals surface area contributed by atoms with Crippen molar-refractivity contribution in [2.45, 2.75) is 57.2 Å². The highest BCUT2D eigenvalue weighted by molar-refractivity contribution is 5.76. The van der Waals surface area contributed by atoms with Crippen molar-refractivity contribution in [1.29, 1.82) is 0 Å². The third kappa shape index (κ3) is 6.57. The fourth-order valence-electron chi connectivity index (χ4n) is 4.40. The van der Waals surface area contributed by atoms with Crippen LogP contribution < -0.4 is 5.32 Å². The van der Waals surface area contributed by atoms with Gasteiger partial charge >= 0.3 is 12.1 Å². The van der Waals surface area contributed by atoms with Crippen molar-refractivity contribution in [2.24, 2.45) is 0 Å². The molecule has 2 aromatic carbocycles. The molecule has 1 saturated heterocycles. The van der Waals surface area contributed by atoms with Crippen LogP contribution in [0.2, 0.25) is 0 Å². The molecule has 3 rings (SSSR count). The Labute approximate surface area is 190 Å². The number of hydrogen-bond donors (Lipinski definition) is 1. The Hall–Kier alpha value is -2.86. The third-order valence-corrected chi connectivity index (χ3v) is 5.99. The molecule has 32 heavy (non-hydrogen) atoms. The Bertz CT molecular complexity index is 843. The smallest absolute Gasteiger partial charge is 0.410 e. The molecule has 3 unspecified atom stereocenters. The van der Waals surface area contributed by atoms with Crippen molar-refractivity contribution in [3.05, 3.63) is 71.8 Å². The molecule has 1 N–H and O–H groups in total. The Morgan fingerprint density at radius 2 is 1.75 bits per heavy atom. The zero-order chi connectivity index (χ0) is 22.8. The van der Waals surface area contributed by atoms with Gasteiger partial charge in [0.25, 0.3) is 0 Å². The van der Waals surface area contributed by atoms with Crippen molar-refractivity contribution in [1.82, 2.24) is 10.2 Å². The van der Waals surface area contributed by atoms with E-state index in [1.807, 2.05) is 43.3 Å². The summed E-state index contributed by atoms with van der Waals surface area (Å²) >= 11 is 0. The molecule has 3 atom stereocenters. The van der Waals surface area contributed by atoms with Gasteiger partial charge in [0.15, 0.2) is 0 Å². The van der Waals surface area contributed by atoms with E-state index in [4.69, 9.17) is 9.47 Å². The average molecular weight is 439 g/mol. The zero-order valence-electron chi connectivity index (χ0n) is 19.0. The highest BCUT2D eigenvalue weighted by Gasteiger charge is 2.33. The molecule has 0 radical (unpaired) electrons. The predicted octanol–water partition coefficient (Wildman–Crippen LogP) is 4.50. The number of ether oxygens (including phenoxy) is 2. The number of likely N-dealkylation sites (tertiary alicyclic amines) is 1. The van der Waals surface area contributed by atoms with E-state index in [-0.39, 0.29) is 24.1 Å². The maximum atomic E-state index is 12.7. The minimum atomic E-state index is -0.423. The number of nitrogens with zero attached hydrogens (tertiary/aromatic N) is 1. The number of carbonyl (C=O) groups excluding carboxylic acids is 2. The normalized spacial score (nSPS) is 19.6. The highest BCUT2D eigenvalue weighted by Crippen LogP contribution is 2.31. The summed E-state index contributed by atoms with van der Waals surface area (Å²) in [4.78, 5) is 27.1. The number of aryl methyl sites for hydroxylation is 1. The molecule has 1 aliphatic rings. The lowest BCUT2D eigenvalue weighted by atomic mass is 10.0. The van der Waals surface area contributed by atoms with Crippen LogP contribution in [-0.4, -0.2) is 49.3 Å². The number of carbonyl (C=O) groups is 2. The standard InChI is InChI=1S/C26H34N2O4/c1-3-32-25(29)23(18-17-20-11-6-4-7-12-20)27-22-15-10-16-24(21-13-8-5-9-14-21)28(19-22)26(30)31-2/h4-9,11-14,22-24,27H,3,10,15-19H2,1-2H3. The van der Waals surface area contributed by atoms with Crippen LogP contribution >= 0.6 is 0 Å². The lowest BCUT2D eigenvalue weighted by Crippen LogP contribution is -2.50. The van der Waals surface area contributed by atoms with Gasteiger partial charge in [0.1, 0.15) is 6.04 Å². The van der Waals surface area contributed by atoms with Gasteiger partial charge < -0.3 is 9.47 Å². The first-order chi connectivity index (χ1) is 15.6. The first-order valence-electron chi connectivity index (χ1n) is 11.5. The number of methoxy groups -OCH3 is 1. The molecule has 0 aromatic heterocycles. The molecule has 2 aromatic rings. The van der Waals surface area contributed by atoms with Crippen LogP contribution in [0.1, 0.15) is 49.8 Å². The van der Waals surface area contributed by atoms with Crippen LogP contribution in [0.4, 0.5) is 4.79 Å². The Balaban J connectivity index is 1.73. The third-order valence-electron chi connectivity index (χ3n) is 5.99. The number of benzene rings is 2. The molecular weight excluding hydrogens is 404 g/mol. The topological polar surface area (TPSA) is 67.9 Å². The summed E-state index contributed by atoms with van der Waals surface area (Å²) in [6.07, 6.45) is 3.74. The summed E-state index contributed by atoms with van der Waals surface area (Å²) in [5.41, 5.74) is 2.29. The van der Waals surface area contributed by atoms with Crippen molar-refractivity contribution >= 4 is 12.1 Å². The first-order valence-corrected chi connectivity index (χ1v) is 11.5. The SMILES string of the molecule is CCOC(=O)C(CCc1ccccc1)NC1CCCC(c2ccccc2)N(C(=O)OC)C1. The second-order valence-corrected chi connectivity index (χ2v) is 8.17. The fourth-order valence-corrected chi connectivity index (χ4v) is 4.40. The average Bonchev–Trinajstić information content (AvgIpc) is 3.05. The van der Waals surface area contributed by atoms with Gasteiger partial charge in [0.2, 0.25) is 0 Å². The first kappa shape index (κ1) is 23.8. The Morgan fingerprint density at radius 1 is 1.06 bits per heavy atom. The lowest BCUT2D eigenvalue weighted by molar-refractivity contribution is -0.146. The summed E-state index contributed by atoms with van der Waals surface area (Å²) in [7, 11) is 1.42. The molecule has 1 aliphatic heterocycles.